The van der Waals surface area contributed by atoms with Gasteiger partial charge in [-0.1, -0.05) is 29.3 Å². The number of pyridine rings is 1. The van der Waals surface area contributed by atoms with Gasteiger partial charge in [-0.05, 0) is 79.2 Å². The number of benzene rings is 1. The molecule has 1 fully saturated rings. The summed E-state index contributed by atoms with van der Waals surface area (Å²) in [5, 5.41) is 4.30. The van der Waals surface area contributed by atoms with Crippen molar-refractivity contribution in [2.75, 3.05) is 13.1 Å². The molecule has 118 valence electrons. The van der Waals surface area contributed by atoms with Crippen molar-refractivity contribution in [1.82, 2.24) is 10.3 Å². The highest BCUT2D eigenvalue weighted by Gasteiger charge is 2.20. The molecule has 1 aliphatic carbocycles. The van der Waals surface area contributed by atoms with Crippen molar-refractivity contribution in [2.45, 2.75) is 32.1 Å². The van der Waals surface area contributed by atoms with Crippen molar-refractivity contribution in [3.63, 3.8) is 0 Å². The Morgan fingerprint density at radius 1 is 0.957 bits per heavy atom. The third-order valence-corrected chi connectivity index (χ3v) is 5.25. The van der Waals surface area contributed by atoms with Crippen LogP contribution >= 0.6 is 11.6 Å². The summed E-state index contributed by atoms with van der Waals surface area (Å²) in [6.45, 7) is 2.16. The highest BCUT2D eigenvalue weighted by molar-refractivity contribution is 6.30. The van der Waals surface area contributed by atoms with Gasteiger partial charge >= 0.3 is 0 Å². The maximum Gasteiger partial charge on any atom is 0.0479 e. The molecule has 0 amide bonds. The average Bonchev–Trinajstić information content (AvgIpc) is 2.58. The fraction of sp³-hybridized carbons (Fsp3) is 0.350. The molecular weight excluding hydrogens is 304 g/mol. The lowest BCUT2D eigenvalue weighted by Gasteiger charge is -2.25. The molecule has 23 heavy (non-hydrogen) atoms. The van der Waals surface area contributed by atoms with Crippen LogP contribution in [0, 0.1) is 0 Å². The number of nitrogens with zero attached hydrogens (tertiary/aromatic N) is 1. The number of piperidine rings is 1. The Labute approximate surface area is 142 Å². The molecule has 3 heteroatoms. The van der Waals surface area contributed by atoms with Crippen LogP contribution in [0.25, 0.3) is 5.57 Å². The molecule has 0 atom stereocenters. The molecule has 2 aliphatic rings. The first-order valence-electron chi connectivity index (χ1n) is 8.44. The van der Waals surface area contributed by atoms with E-state index in [2.05, 4.69) is 34.6 Å². The molecule has 0 unspecified atom stereocenters. The van der Waals surface area contributed by atoms with Crippen molar-refractivity contribution in [2.24, 2.45) is 0 Å². The Morgan fingerprint density at radius 2 is 1.78 bits per heavy atom. The average molecular weight is 325 g/mol. The van der Waals surface area contributed by atoms with E-state index in [0.29, 0.717) is 0 Å². The first kappa shape index (κ1) is 14.9. The zero-order valence-corrected chi connectivity index (χ0v) is 14.0. The maximum absolute atomic E-state index is 6.27. The third-order valence-electron chi connectivity index (χ3n) is 5.02. The van der Waals surface area contributed by atoms with E-state index in [1.807, 2.05) is 12.3 Å². The van der Waals surface area contributed by atoms with Crippen LogP contribution in [0.2, 0.25) is 5.02 Å². The second-order valence-corrected chi connectivity index (χ2v) is 6.86. The molecule has 1 saturated heterocycles. The summed E-state index contributed by atoms with van der Waals surface area (Å²) in [6.07, 6.45) is 7.22. The van der Waals surface area contributed by atoms with Crippen LogP contribution in [0.3, 0.4) is 0 Å². The first-order chi connectivity index (χ1) is 11.3. The second kappa shape index (κ2) is 6.46. The minimum absolute atomic E-state index is 0.838. The molecule has 4 rings (SSSR count). The van der Waals surface area contributed by atoms with Crippen molar-refractivity contribution < 1.29 is 0 Å². The lowest BCUT2D eigenvalue weighted by atomic mass is 9.83. The molecule has 0 bridgehead atoms. The number of hydrogen-bond acceptors (Lipinski definition) is 2. The number of aromatic nitrogens is 1. The predicted molar refractivity (Wildman–Crippen MR) is 95.8 cm³/mol. The van der Waals surface area contributed by atoms with Gasteiger partial charge in [0.2, 0.25) is 0 Å². The first-order valence-corrected chi connectivity index (χ1v) is 8.82. The van der Waals surface area contributed by atoms with E-state index < -0.39 is 0 Å². The van der Waals surface area contributed by atoms with E-state index in [0.717, 1.165) is 50.2 Å². The lowest BCUT2D eigenvalue weighted by molar-refractivity contribution is 0.610. The molecule has 1 aromatic carbocycles. The van der Waals surface area contributed by atoms with Gasteiger partial charge in [0.1, 0.15) is 0 Å². The molecule has 0 radical (unpaired) electrons. The smallest absolute Gasteiger partial charge is 0.0479 e. The van der Waals surface area contributed by atoms with Gasteiger partial charge in [-0.15, -0.1) is 0 Å². The van der Waals surface area contributed by atoms with Crippen molar-refractivity contribution in [3.05, 3.63) is 69.5 Å². The van der Waals surface area contributed by atoms with E-state index in [1.165, 1.54) is 28.0 Å². The summed E-state index contributed by atoms with van der Waals surface area (Å²) in [5.74, 6) is 0. The Hall–Kier alpha value is -1.64. The van der Waals surface area contributed by atoms with Crippen LogP contribution in [0.4, 0.5) is 0 Å². The van der Waals surface area contributed by atoms with Crippen LogP contribution in [0.1, 0.15) is 35.2 Å². The fourth-order valence-corrected chi connectivity index (χ4v) is 3.99. The Balaban J connectivity index is 1.87. The van der Waals surface area contributed by atoms with Gasteiger partial charge in [0.25, 0.3) is 0 Å². The fourth-order valence-electron chi connectivity index (χ4n) is 3.80. The monoisotopic (exact) mass is 324 g/mol. The number of halogens is 1. The lowest BCUT2D eigenvalue weighted by Crippen LogP contribution is -2.24. The van der Waals surface area contributed by atoms with Gasteiger partial charge in [-0.3, -0.25) is 4.98 Å². The van der Waals surface area contributed by atoms with Crippen molar-refractivity contribution in [3.8, 4) is 0 Å². The van der Waals surface area contributed by atoms with E-state index >= 15 is 0 Å². The molecule has 0 saturated carbocycles. The van der Waals surface area contributed by atoms with E-state index in [1.54, 1.807) is 5.57 Å². The SMILES string of the molecule is Clc1ccc2c(c1)CCc1cccnc1CC2=C1CCNCC1. The van der Waals surface area contributed by atoms with Crippen LogP contribution in [0.15, 0.2) is 42.1 Å². The van der Waals surface area contributed by atoms with Gasteiger partial charge in [0, 0.05) is 23.3 Å². The van der Waals surface area contributed by atoms with Crippen molar-refractivity contribution in [1.29, 1.82) is 0 Å². The standard InChI is InChI=1S/C20H21ClN2/c21-17-5-6-18-16(12-17)4-3-15-2-1-9-23-20(15)13-19(18)14-7-10-22-11-8-14/h1-2,5-6,9,12,22H,3-4,7-8,10-11,13H2. The molecule has 1 N–H and O–H groups in total. The summed E-state index contributed by atoms with van der Waals surface area (Å²) in [4.78, 5) is 4.68. The number of allylic oxidation sites excluding steroid dienone is 1. The minimum Gasteiger partial charge on any atom is -0.316 e. The van der Waals surface area contributed by atoms with Gasteiger partial charge in [0.15, 0.2) is 0 Å². The summed E-state index contributed by atoms with van der Waals surface area (Å²) in [6, 6.07) is 10.7. The summed E-state index contributed by atoms with van der Waals surface area (Å²) >= 11 is 6.27. The Bertz CT molecular complexity index is 756. The molecule has 0 spiro atoms. The number of nitrogens with one attached hydrogen (secondary N) is 1. The maximum atomic E-state index is 6.27. The molecule has 2 aromatic rings. The summed E-state index contributed by atoms with van der Waals surface area (Å²) in [7, 11) is 0. The van der Waals surface area contributed by atoms with Gasteiger partial charge in [-0.25, -0.2) is 0 Å². The molecular formula is C20H21ClN2. The van der Waals surface area contributed by atoms with Crippen molar-refractivity contribution >= 4 is 17.2 Å². The zero-order valence-electron chi connectivity index (χ0n) is 13.2. The molecule has 1 aromatic heterocycles. The normalized spacial score (nSPS) is 18.0. The summed E-state index contributed by atoms with van der Waals surface area (Å²) < 4.78 is 0. The molecule has 2 heterocycles. The van der Waals surface area contributed by atoms with Crippen LogP contribution in [0.5, 0.6) is 0 Å². The largest absolute Gasteiger partial charge is 0.316 e. The van der Waals surface area contributed by atoms with E-state index in [9.17, 15) is 0 Å². The van der Waals surface area contributed by atoms with Crippen LogP contribution < -0.4 is 5.32 Å². The van der Waals surface area contributed by atoms with Gasteiger partial charge in [-0.2, -0.15) is 0 Å². The second-order valence-electron chi connectivity index (χ2n) is 6.42. The summed E-state index contributed by atoms with van der Waals surface area (Å²) in [5.41, 5.74) is 8.47. The highest BCUT2D eigenvalue weighted by atomic mass is 35.5. The van der Waals surface area contributed by atoms with Crippen LogP contribution in [-0.4, -0.2) is 18.1 Å². The molecule has 2 nitrogen and oxygen atoms in total. The van der Waals surface area contributed by atoms with Gasteiger partial charge < -0.3 is 5.32 Å². The minimum atomic E-state index is 0.838. The predicted octanol–water partition coefficient (Wildman–Crippen LogP) is 4.21. The number of aryl methyl sites for hydroxylation is 2. The Kier molecular flexibility index (Phi) is 4.19. The van der Waals surface area contributed by atoms with E-state index in [4.69, 9.17) is 11.6 Å². The highest BCUT2D eigenvalue weighted by Crippen LogP contribution is 2.34. The Morgan fingerprint density at radius 3 is 2.65 bits per heavy atom. The number of rotatable bonds is 0. The topological polar surface area (TPSA) is 24.9 Å². The van der Waals surface area contributed by atoms with Gasteiger partial charge in [0.05, 0.1) is 0 Å². The third kappa shape index (κ3) is 3.06. The number of hydrogen-bond donors (Lipinski definition) is 1. The number of fused-ring (bicyclic) bond motifs is 2. The molecule has 1 aliphatic heterocycles. The zero-order chi connectivity index (χ0) is 15.6. The van der Waals surface area contributed by atoms with Crippen LogP contribution in [-0.2, 0) is 19.3 Å². The quantitative estimate of drug-likeness (QED) is 0.785. The van der Waals surface area contributed by atoms with E-state index in [-0.39, 0.29) is 0 Å².